The van der Waals surface area contributed by atoms with E-state index >= 15 is 0 Å². The first kappa shape index (κ1) is 19.0. The van der Waals surface area contributed by atoms with Gasteiger partial charge in [0.15, 0.2) is 0 Å². The lowest BCUT2D eigenvalue weighted by molar-refractivity contribution is -0.120. The largest absolute Gasteiger partial charge is 0.450 e. The van der Waals surface area contributed by atoms with E-state index in [9.17, 15) is 9.59 Å². The van der Waals surface area contributed by atoms with Crippen molar-refractivity contribution in [2.75, 3.05) is 13.2 Å². The van der Waals surface area contributed by atoms with Crippen LogP contribution >= 0.6 is 0 Å². The number of nitrogens with one attached hydrogen (secondary N) is 2. The third-order valence-electron chi connectivity index (χ3n) is 3.51. The normalized spacial score (nSPS) is 11.9. The number of amides is 2. The molecular weight excluding hydrogens is 292 g/mol. The molecule has 2 N–H and O–H groups in total. The van der Waals surface area contributed by atoms with E-state index in [1.807, 2.05) is 31.2 Å². The number of ether oxygens (including phenoxy) is 1. The summed E-state index contributed by atoms with van der Waals surface area (Å²) in [5.41, 5.74) is 2.12. The minimum atomic E-state index is -0.439. The Morgan fingerprint density at radius 3 is 2.52 bits per heavy atom. The third kappa shape index (κ3) is 7.68. The molecule has 1 aromatic carbocycles. The zero-order valence-electron chi connectivity index (χ0n) is 14.5. The van der Waals surface area contributed by atoms with Crippen molar-refractivity contribution in [3.05, 3.63) is 35.4 Å². The van der Waals surface area contributed by atoms with Crippen LogP contribution in [-0.2, 0) is 16.0 Å². The van der Waals surface area contributed by atoms with Crippen LogP contribution < -0.4 is 10.6 Å². The van der Waals surface area contributed by atoms with E-state index in [0.717, 1.165) is 17.5 Å². The van der Waals surface area contributed by atoms with Crippen LogP contribution in [-0.4, -0.2) is 31.2 Å². The van der Waals surface area contributed by atoms with E-state index in [0.29, 0.717) is 25.5 Å². The molecule has 2 amide bonds. The summed E-state index contributed by atoms with van der Waals surface area (Å²) in [7, 11) is 0. The second kappa shape index (κ2) is 9.87. The summed E-state index contributed by atoms with van der Waals surface area (Å²) in [6.45, 7) is 8.65. The Hall–Kier alpha value is -2.04. The van der Waals surface area contributed by atoms with E-state index in [2.05, 4.69) is 24.5 Å². The quantitative estimate of drug-likeness (QED) is 0.774. The highest BCUT2D eigenvalue weighted by molar-refractivity contribution is 5.79. The van der Waals surface area contributed by atoms with Gasteiger partial charge in [-0.2, -0.15) is 0 Å². The maximum atomic E-state index is 12.1. The van der Waals surface area contributed by atoms with Crippen LogP contribution in [0, 0.1) is 12.8 Å². The van der Waals surface area contributed by atoms with E-state index in [4.69, 9.17) is 4.74 Å². The second-order valence-electron chi connectivity index (χ2n) is 6.10. The average molecular weight is 320 g/mol. The lowest BCUT2D eigenvalue weighted by atomic mass is 10.0. The van der Waals surface area contributed by atoms with Crippen LogP contribution in [0.4, 0.5) is 4.79 Å². The molecule has 0 fully saturated rings. The summed E-state index contributed by atoms with van der Waals surface area (Å²) in [6.07, 6.45) is 0.690. The molecular formula is C18H28N2O3. The van der Waals surface area contributed by atoms with Crippen molar-refractivity contribution < 1.29 is 14.3 Å². The lowest BCUT2D eigenvalue weighted by Crippen LogP contribution is -2.45. The van der Waals surface area contributed by atoms with Crippen molar-refractivity contribution in [1.82, 2.24) is 10.6 Å². The molecule has 0 aromatic heterocycles. The molecule has 5 heteroatoms. The van der Waals surface area contributed by atoms with Gasteiger partial charge >= 0.3 is 6.09 Å². The summed E-state index contributed by atoms with van der Waals surface area (Å²) in [5.74, 6) is 0.369. The van der Waals surface area contributed by atoms with Crippen molar-refractivity contribution in [3.63, 3.8) is 0 Å². The molecule has 1 aromatic rings. The van der Waals surface area contributed by atoms with Crippen LogP contribution in [0.25, 0.3) is 0 Å². The molecule has 1 atom stereocenters. The molecule has 23 heavy (non-hydrogen) atoms. The number of alkyl carbamates (subject to hydrolysis) is 1. The number of hydrogen-bond acceptors (Lipinski definition) is 3. The molecule has 0 aliphatic carbocycles. The fourth-order valence-electron chi connectivity index (χ4n) is 2.38. The van der Waals surface area contributed by atoms with Crippen LogP contribution in [0.1, 0.15) is 38.3 Å². The van der Waals surface area contributed by atoms with Gasteiger partial charge in [-0.25, -0.2) is 4.79 Å². The molecule has 0 aliphatic heterocycles. The van der Waals surface area contributed by atoms with Gasteiger partial charge in [-0.15, -0.1) is 0 Å². The summed E-state index contributed by atoms with van der Waals surface area (Å²) in [5, 5.41) is 5.71. The molecule has 128 valence electrons. The van der Waals surface area contributed by atoms with E-state index in [-0.39, 0.29) is 11.9 Å². The summed E-state index contributed by atoms with van der Waals surface area (Å²) in [4.78, 5) is 23.7. The maximum absolute atomic E-state index is 12.1. The fraction of sp³-hybridized carbons (Fsp3) is 0.556. The van der Waals surface area contributed by atoms with Crippen molar-refractivity contribution in [2.24, 2.45) is 5.92 Å². The molecule has 0 heterocycles. The number of carbonyl (C=O) groups is 2. The van der Waals surface area contributed by atoms with Gasteiger partial charge < -0.3 is 15.4 Å². The van der Waals surface area contributed by atoms with Crippen LogP contribution in [0.3, 0.4) is 0 Å². The van der Waals surface area contributed by atoms with Crippen LogP contribution in [0.15, 0.2) is 24.3 Å². The average Bonchev–Trinajstić information content (AvgIpc) is 2.47. The number of carbonyl (C=O) groups excluding carboxylic acids is 2. The maximum Gasteiger partial charge on any atom is 0.407 e. The zero-order chi connectivity index (χ0) is 17.2. The molecule has 0 aliphatic rings. The third-order valence-corrected chi connectivity index (χ3v) is 3.51. The van der Waals surface area contributed by atoms with Gasteiger partial charge in [0.25, 0.3) is 0 Å². The Kier molecular flexibility index (Phi) is 8.16. The van der Waals surface area contributed by atoms with Gasteiger partial charge in [-0.3, -0.25) is 4.79 Å². The van der Waals surface area contributed by atoms with Gasteiger partial charge in [-0.05, 0) is 37.3 Å². The minimum Gasteiger partial charge on any atom is -0.450 e. The summed E-state index contributed by atoms with van der Waals surface area (Å²) < 4.78 is 4.91. The topological polar surface area (TPSA) is 67.4 Å². The monoisotopic (exact) mass is 320 g/mol. The van der Waals surface area contributed by atoms with Gasteiger partial charge in [0.05, 0.1) is 13.0 Å². The highest BCUT2D eigenvalue weighted by Gasteiger charge is 2.16. The molecule has 0 radical (unpaired) electrons. The van der Waals surface area contributed by atoms with Crippen molar-refractivity contribution in [1.29, 1.82) is 0 Å². The summed E-state index contributed by atoms with van der Waals surface area (Å²) >= 11 is 0. The number of rotatable bonds is 8. The number of hydrogen-bond donors (Lipinski definition) is 2. The highest BCUT2D eigenvalue weighted by Crippen LogP contribution is 2.08. The molecule has 0 bridgehead atoms. The van der Waals surface area contributed by atoms with Crippen LogP contribution in [0.5, 0.6) is 0 Å². The Morgan fingerprint density at radius 2 is 1.91 bits per heavy atom. The van der Waals surface area contributed by atoms with Gasteiger partial charge in [0.1, 0.15) is 0 Å². The van der Waals surface area contributed by atoms with Gasteiger partial charge in [0, 0.05) is 12.6 Å². The second-order valence-corrected chi connectivity index (χ2v) is 6.10. The number of benzene rings is 1. The Balaban J connectivity index is 2.51. The SMILES string of the molecule is CCOC(=O)N[C@@H](CNC(=O)Cc1ccccc1C)CC(C)C. The van der Waals surface area contributed by atoms with Crippen molar-refractivity contribution in [3.8, 4) is 0 Å². The standard InChI is InChI=1S/C18H28N2O3/c1-5-23-18(22)20-16(10-13(2)3)12-19-17(21)11-15-9-7-6-8-14(15)4/h6-9,13,16H,5,10-12H2,1-4H3,(H,19,21)(H,20,22)/t16-/m1/s1. The number of aryl methyl sites for hydroxylation is 1. The Morgan fingerprint density at radius 1 is 1.22 bits per heavy atom. The van der Waals surface area contributed by atoms with Crippen LogP contribution in [0.2, 0.25) is 0 Å². The van der Waals surface area contributed by atoms with Gasteiger partial charge in [0.2, 0.25) is 5.91 Å². The fourth-order valence-corrected chi connectivity index (χ4v) is 2.38. The van der Waals surface area contributed by atoms with E-state index in [1.54, 1.807) is 6.92 Å². The molecule has 0 unspecified atom stereocenters. The first-order valence-corrected chi connectivity index (χ1v) is 8.16. The molecule has 0 spiro atoms. The van der Waals surface area contributed by atoms with E-state index in [1.165, 1.54) is 0 Å². The molecule has 0 saturated carbocycles. The molecule has 0 saturated heterocycles. The predicted octanol–water partition coefficient (Wildman–Crippen LogP) is 2.81. The molecule has 5 nitrogen and oxygen atoms in total. The van der Waals surface area contributed by atoms with Crippen molar-refractivity contribution >= 4 is 12.0 Å². The Bertz CT molecular complexity index is 515. The zero-order valence-corrected chi connectivity index (χ0v) is 14.5. The minimum absolute atomic E-state index is 0.0429. The first-order valence-electron chi connectivity index (χ1n) is 8.16. The lowest BCUT2D eigenvalue weighted by Gasteiger charge is -2.21. The first-order chi connectivity index (χ1) is 10.9. The van der Waals surface area contributed by atoms with Crippen molar-refractivity contribution in [2.45, 2.75) is 46.6 Å². The smallest absolute Gasteiger partial charge is 0.407 e. The van der Waals surface area contributed by atoms with Gasteiger partial charge in [-0.1, -0.05) is 38.1 Å². The predicted molar refractivity (Wildman–Crippen MR) is 91.3 cm³/mol. The summed E-state index contributed by atoms with van der Waals surface area (Å²) in [6, 6.07) is 7.71. The van der Waals surface area contributed by atoms with E-state index < -0.39 is 6.09 Å². The highest BCUT2D eigenvalue weighted by atomic mass is 16.5. The molecule has 1 rings (SSSR count). The Labute approximate surface area is 138 Å².